The van der Waals surface area contributed by atoms with Crippen molar-refractivity contribution in [1.82, 2.24) is 19.9 Å². The van der Waals surface area contributed by atoms with Crippen LogP contribution in [0.1, 0.15) is 18.3 Å². The van der Waals surface area contributed by atoms with E-state index in [1.54, 1.807) is 13.2 Å². The number of nitrogens with one attached hydrogen (secondary N) is 1. The summed E-state index contributed by atoms with van der Waals surface area (Å²) in [5.41, 5.74) is 1.65. The molecule has 0 aliphatic carbocycles. The van der Waals surface area contributed by atoms with Crippen molar-refractivity contribution in [2.75, 3.05) is 20.3 Å². The molecule has 0 radical (unpaired) electrons. The van der Waals surface area contributed by atoms with Crippen molar-refractivity contribution in [2.24, 2.45) is 0 Å². The Balaban J connectivity index is 1.54. The highest BCUT2D eigenvalue weighted by Crippen LogP contribution is 2.28. The van der Waals surface area contributed by atoms with Gasteiger partial charge in [-0.3, -0.25) is 9.20 Å². The summed E-state index contributed by atoms with van der Waals surface area (Å²) in [5.74, 6) is 1.96. The minimum absolute atomic E-state index is 0.170. The van der Waals surface area contributed by atoms with Gasteiger partial charge in [-0.1, -0.05) is 12.1 Å². The van der Waals surface area contributed by atoms with E-state index in [9.17, 15) is 4.79 Å². The second kappa shape index (κ2) is 8.84. The van der Waals surface area contributed by atoms with Gasteiger partial charge in [0.15, 0.2) is 17.1 Å². The first-order valence-corrected chi connectivity index (χ1v) is 8.76. The molecule has 3 rings (SSSR count). The molecule has 0 atom stereocenters. The Morgan fingerprint density at radius 3 is 2.93 bits per heavy atom. The molecule has 0 saturated heterocycles. The van der Waals surface area contributed by atoms with Crippen molar-refractivity contribution in [3.05, 3.63) is 60.1 Å². The second-order valence-electron chi connectivity index (χ2n) is 5.76. The molecule has 7 heteroatoms. The standard InChI is InChI=1S/C20H22N4O3/c1-3-27-16-9-7-15(14-17(16)26-2)8-10-20(25)21-12-11-19-23-22-18-6-4-5-13-24(18)19/h4-10,13-14H,3,11-12H2,1-2H3,(H,21,25). The molecule has 1 N–H and O–H groups in total. The molecule has 3 aromatic rings. The fourth-order valence-corrected chi connectivity index (χ4v) is 2.65. The molecule has 0 aliphatic heterocycles. The van der Waals surface area contributed by atoms with Crippen molar-refractivity contribution in [2.45, 2.75) is 13.3 Å². The van der Waals surface area contributed by atoms with Crippen molar-refractivity contribution >= 4 is 17.6 Å². The Hall–Kier alpha value is -3.35. The third-order valence-corrected chi connectivity index (χ3v) is 3.95. The highest BCUT2D eigenvalue weighted by molar-refractivity contribution is 5.91. The predicted octanol–water partition coefficient (Wildman–Crippen LogP) is 2.51. The largest absolute Gasteiger partial charge is 0.493 e. The van der Waals surface area contributed by atoms with Crippen LogP contribution in [0.15, 0.2) is 48.7 Å². The molecule has 0 aliphatic rings. The van der Waals surface area contributed by atoms with Gasteiger partial charge in [0.25, 0.3) is 0 Å². The highest BCUT2D eigenvalue weighted by Gasteiger charge is 2.06. The number of aromatic nitrogens is 3. The van der Waals surface area contributed by atoms with Crippen LogP contribution in [0.4, 0.5) is 0 Å². The summed E-state index contributed by atoms with van der Waals surface area (Å²) in [5, 5.41) is 11.1. The van der Waals surface area contributed by atoms with Gasteiger partial charge in [-0.2, -0.15) is 0 Å². The highest BCUT2D eigenvalue weighted by atomic mass is 16.5. The smallest absolute Gasteiger partial charge is 0.244 e. The van der Waals surface area contributed by atoms with Gasteiger partial charge in [0.1, 0.15) is 5.82 Å². The zero-order valence-corrected chi connectivity index (χ0v) is 15.4. The quantitative estimate of drug-likeness (QED) is 0.620. The van der Waals surface area contributed by atoms with Crippen LogP contribution in [-0.4, -0.2) is 40.8 Å². The number of methoxy groups -OCH3 is 1. The van der Waals surface area contributed by atoms with E-state index in [0.717, 1.165) is 17.0 Å². The molecule has 2 heterocycles. The van der Waals surface area contributed by atoms with Crippen LogP contribution in [0, 0.1) is 0 Å². The zero-order valence-electron chi connectivity index (χ0n) is 15.4. The number of benzene rings is 1. The first-order valence-electron chi connectivity index (χ1n) is 8.76. The molecule has 1 amide bonds. The van der Waals surface area contributed by atoms with Gasteiger partial charge in [-0.05, 0) is 42.8 Å². The van der Waals surface area contributed by atoms with Gasteiger partial charge in [0, 0.05) is 25.2 Å². The summed E-state index contributed by atoms with van der Waals surface area (Å²) in [4.78, 5) is 12.0. The van der Waals surface area contributed by atoms with Crippen LogP contribution >= 0.6 is 0 Å². The summed E-state index contributed by atoms with van der Waals surface area (Å²) in [6.07, 6.45) is 5.74. The van der Waals surface area contributed by atoms with E-state index in [1.165, 1.54) is 6.08 Å². The van der Waals surface area contributed by atoms with Gasteiger partial charge < -0.3 is 14.8 Å². The second-order valence-corrected chi connectivity index (χ2v) is 5.76. The van der Waals surface area contributed by atoms with Crippen molar-refractivity contribution in [3.8, 4) is 11.5 Å². The fraction of sp³-hybridized carbons (Fsp3) is 0.250. The number of fused-ring (bicyclic) bond motifs is 1. The molecule has 1 aromatic carbocycles. The number of carbonyl (C=O) groups excluding carboxylic acids is 1. The molecule has 2 aromatic heterocycles. The number of amides is 1. The Kier molecular flexibility index (Phi) is 6.04. The molecular weight excluding hydrogens is 344 g/mol. The molecule has 0 saturated carbocycles. The van der Waals surface area contributed by atoms with Crippen molar-refractivity contribution in [1.29, 1.82) is 0 Å². The lowest BCUT2D eigenvalue weighted by molar-refractivity contribution is -0.116. The number of rotatable bonds is 8. The number of pyridine rings is 1. The summed E-state index contributed by atoms with van der Waals surface area (Å²) in [6, 6.07) is 11.3. The van der Waals surface area contributed by atoms with Gasteiger partial charge in [-0.25, -0.2) is 0 Å². The van der Waals surface area contributed by atoms with Crippen LogP contribution in [0.5, 0.6) is 11.5 Å². The van der Waals surface area contributed by atoms with E-state index >= 15 is 0 Å². The average molecular weight is 366 g/mol. The number of hydrogen-bond acceptors (Lipinski definition) is 5. The third kappa shape index (κ3) is 4.63. The molecule has 7 nitrogen and oxygen atoms in total. The Morgan fingerprint density at radius 1 is 1.22 bits per heavy atom. The Bertz CT molecular complexity index is 949. The maximum absolute atomic E-state index is 12.0. The minimum atomic E-state index is -0.170. The number of ether oxygens (including phenoxy) is 2. The molecular formula is C20H22N4O3. The lowest BCUT2D eigenvalue weighted by atomic mass is 10.2. The SMILES string of the molecule is CCOc1ccc(C=CC(=O)NCCc2nnc3ccccn23)cc1OC. The number of carbonyl (C=O) groups is 1. The van der Waals surface area contributed by atoms with Crippen LogP contribution in [-0.2, 0) is 11.2 Å². The Labute approximate surface area is 157 Å². The van der Waals surface area contributed by atoms with Crippen LogP contribution in [0.25, 0.3) is 11.7 Å². The molecule has 0 bridgehead atoms. The lowest BCUT2D eigenvalue weighted by Gasteiger charge is -2.09. The monoisotopic (exact) mass is 366 g/mol. The minimum Gasteiger partial charge on any atom is -0.493 e. The topological polar surface area (TPSA) is 77.8 Å². The van der Waals surface area contributed by atoms with E-state index in [1.807, 2.05) is 53.9 Å². The molecule has 0 fully saturated rings. The third-order valence-electron chi connectivity index (χ3n) is 3.95. The Morgan fingerprint density at radius 2 is 2.11 bits per heavy atom. The van der Waals surface area contributed by atoms with E-state index in [-0.39, 0.29) is 5.91 Å². The summed E-state index contributed by atoms with van der Waals surface area (Å²) >= 11 is 0. The average Bonchev–Trinajstić information content (AvgIpc) is 3.10. The van der Waals surface area contributed by atoms with E-state index in [2.05, 4.69) is 15.5 Å². The normalized spacial score (nSPS) is 11.0. The first kappa shape index (κ1) is 18.4. The van der Waals surface area contributed by atoms with E-state index in [0.29, 0.717) is 31.1 Å². The predicted molar refractivity (Wildman–Crippen MR) is 103 cm³/mol. The first-order chi connectivity index (χ1) is 13.2. The molecule has 0 spiro atoms. The summed E-state index contributed by atoms with van der Waals surface area (Å²) < 4.78 is 12.7. The van der Waals surface area contributed by atoms with E-state index < -0.39 is 0 Å². The zero-order chi connectivity index (χ0) is 19.1. The van der Waals surface area contributed by atoms with Gasteiger partial charge in [0.2, 0.25) is 5.91 Å². The number of nitrogens with zero attached hydrogens (tertiary/aromatic N) is 3. The van der Waals surface area contributed by atoms with Crippen LogP contribution < -0.4 is 14.8 Å². The molecule has 140 valence electrons. The van der Waals surface area contributed by atoms with Crippen LogP contribution in [0.3, 0.4) is 0 Å². The van der Waals surface area contributed by atoms with Gasteiger partial charge in [-0.15, -0.1) is 10.2 Å². The van der Waals surface area contributed by atoms with Gasteiger partial charge >= 0.3 is 0 Å². The van der Waals surface area contributed by atoms with Crippen LogP contribution in [0.2, 0.25) is 0 Å². The summed E-state index contributed by atoms with van der Waals surface area (Å²) in [6.45, 7) is 2.96. The van der Waals surface area contributed by atoms with Crippen molar-refractivity contribution in [3.63, 3.8) is 0 Å². The molecule has 27 heavy (non-hydrogen) atoms. The lowest BCUT2D eigenvalue weighted by Crippen LogP contribution is -2.24. The number of hydrogen-bond donors (Lipinski definition) is 1. The maximum Gasteiger partial charge on any atom is 0.244 e. The van der Waals surface area contributed by atoms with Crippen molar-refractivity contribution < 1.29 is 14.3 Å². The van der Waals surface area contributed by atoms with E-state index in [4.69, 9.17) is 9.47 Å². The fourth-order valence-electron chi connectivity index (χ4n) is 2.65. The van der Waals surface area contributed by atoms with Gasteiger partial charge in [0.05, 0.1) is 13.7 Å². The maximum atomic E-state index is 12.0. The summed E-state index contributed by atoms with van der Waals surface area (Å²) in [7, 11) is 1.59. The molecule has 0 unspecified atom stereocenters.